The van der Waals surface area contributed by atoms with E-state index in [1.807, 2.05) is 13.8 Å². The lowest BCUT2D eigenvalue weighted by molar-refractivity contribution is -0.152. The third-order valence-corrected chi connectivity index (χ3v) is 12.2. The van der Waals surface area contributed by atoms with Crippen LogP contribution < -0.4 is 0 Å². The molecule has 1 saturated heterocycles. The topological polar surface area (TPSA) is 113 Å². The summed E-state index contributed by atoms with van der Waals surface area (Å²) in [5.74, 6) is -0.244. The fourth-order valence-electron chi connectivity index (χ4n) is 10.0. The molecule has 0 bridgehead atoms. The maximum Gasteiger partial charge on any atom is 0.302 e. The van der Waals surface area contributed by atoms with Crippen molar-refractivity contribution >= 4 is 29.3 Å². The highest BCUT2D eigenvalue weighted by Crippen LogP contribution is 2.71. The second-order valence-corrected chi connectivity index (χ2v) is 14.7. The van der Waals surface area contributed by atoms with Gasteiger partial charge in [-0.05, 0) is 82.0 Å². The van der Waals surface area contributed by atoms with E-state index >= 15 is 0 Å². The minimum absolute atomic E-state index is 0.0680. The Balaban J connectivity index is 1.49. The third kappa shape index (κ3) is 4.91. The smallest absolute Gasteiger partial charge is 0.302 e. The van der Waals surface area contributed by atoms with E-state index in [2.05, 4.69) is 19.9 Å². The van der Waals surface area contributed by atoms with Gasteiger partial charge in [0.05, 0.1) is 12.0 Å². The van der Waals surface area contributed by atoms with Crippen molar-refractivity contribution in [2.24, 2.45) is 45.8 Å². The number of ether oxygens (including phenoxy) is 3. The number of fused-ring (bicyclic) bond motifs is 7. The zero-order valence-corrected chi connectivity index (χ0v) is 27.0. The third-order valence-electron chi connectivity index (χ3n) is 12.2. The quantitative estimate of drug-likeness (QED) is 0.209. The van der Waals surface area contributed by atoms with Crippen LogP contribution >= 0.6 is 0 Å². The molecule has 0 unspecified atom stereocenters. The Bertz CT molecular complexity index is 1310. The Morgan fingerprint density at radius 3 is 2.33 bits per heavy atom. The van der Waals surface area contributed by atoms with E-state index in [9.17, 15) is 24.0 Å². The molecule has 0 aromatic rings. The van der Waals surface area contributed by atoms with Crippen LogP contribution in [0.2, 0.25) is 0 Å². The zero-order chi connectivity index (χ0) is 31.6. The molecule has 0 aromatic heterocycles. The zero-order valence-electron chi connectivity index (χ0n) is 27.0. The van der Waals surface area contributed by atoms with Crippen LogP contribution in [0.5, 0.6) is 0 Å². The van der Waals surface area contributed by atoms with Gasteiger partial charge in [0.15, 0.2) is 5.78 Å². The average Bonchev–Trinajstić information content (AvgIpc) is 3.39. The van der Waals surface area contributed by atoms with Crippen LogP contribution in [-0.2, 0) is 38.2 Å². The molecule has 1 heterocycles. The summed E-state index contributed by atoms with van der Waals surface area (Å²) in [7, 11) is 0. The van der Waals surface area contributed by atoms with Crippen molar-refractivity contribution in [3.8, 4) is 0 Å². The molecular weight excluding hydrogens is 548 g/mol. The van der Waals surface area contributed by atoms with Crippen LogP contribution in [0.3, 0.4) is 0 Å². The minimum Gasteiger partial charge on any atom is -0.493 e. The van der Waals surface area contributed by atoms with E-state index in [1.165, 1.54) is 26.3 Å². The van der Waals surface area contributed by atoms with Crippen LogP contribution in [-0.4, -0.2) is 48.1 Å². The first-order valence-corrected chi connectivity index (χ1v) is 16.0. The SMILES string of the molecule is CC(=O)OC[C@H](C)C/C(C(C)=O)=C1\O[C@H]2C[C@H]3[C@@H]4CC=C5C[C@@H](OC(C)=O)CC[C@]5(C)[C@H]4CC(=O)[C@]3(C)[C@H]2[C@]1(C)C(C)=O. The summed E-state index contributed by atoms with van der Waals surface area (Å²) in [6, 6.07) is 0. The summed E-state index contributed by atoms with van der Waals surface area (Å²) in [4.78, 5) is 64.2. The van der Waals surface area contributed by atoms with Crippen LogP contribution in [0.25, 0.3) is 0 Å². The van der Waals surface area contributed by atoms with E-state index < -0.39 is 10.8 Å². The Kier molecular flexibility index (Phi) is 8.09. The summed E-state index contributed by atoms with van der Waals surface area (Å²) in [5, 5.41) is 0. The van der Waals surface area contributed by atoms with Gasteiger partial charge in [-0.1, -0.05) is 32.4 Å². The molecule has 4 aliphatic carbocycles. The lowest BCUT2D eigenvalue weighted by Crippen LogP contribution is -2.57. The number of esters is 2. The molecule has 43 heavy (non-hydrogen) atoms. The molecular formula is C35H48O8. The molecule has 10 atom stereocenters. The monoisotopic (exact) mass is 596 g/mol. The predicted molar refractivity (Wildman–Crippen MR) is 158 cm³/mol. The number of rotatable bonds is 7. The van der Waals surface area contributed by atoms with Gasteiger partial charge in [0.1, 0.15) is 29.5 Å². The van der Waals surface area contributed by atoms with Crippen molar-refractivity contribution in [1.82, 2.24) is 0 Å². The second-order valence-electron chi connectivity index (χ2n) is 14.7. The van der Waals surface area contributed by atoms with Gasteiger partial charge in [0.2, 0.25) is 0 Å². The van der Waals surface area contributed by atoms with Gasteiger partial charge in [0, 0.05) is 43.6 Å². The normalized spacial score (nSPS) is 41.4. The summed E-state index contributed by atoms with van der Waals surface area (Å²) in [5.41, 5.74) is -0.222. The predicted octanol–water partition coefficient (Wildman–Crippen LogP) is 5.71. The van der Waals surface area contributed by atoms with Gasteiger partial charge >= 0.3 is 11.9 Å². The van der Waals surface area contributed by atoms with Gasteiger partial charge in [0.25, 0.3) is 0 Å². The Morgan fingerprint density at radius 1 is 1.02 bits per heavy atom. The maximum atomic E-state index is 14.5. The van der Waals surface area contributed by atoms with Gasteiger partial charge < -0.3 is 14.2 Å². The van der Waals surface area contributed by atoms with Crippen molar-refractivity contribution < 1.29 is 38.2 Å². The number of allylic oxidation sites excluding steroid dienone is 3. The van der Waals surface area contributed by atoms with Crippen LogP contribution in [0.4, 0.5) is 0 Å². The van der Waals surface area contributed by atoms with Gasteiger partial charge in [-0.25, -0.2) is 0 Å². The van der Waals surface area contributed by atoms with Gasteiger partial charge in [-0.15, -0.1) is 0 Å². The Labute approximate surface area is 255 Å². The molecule has 236 valence electrons. The first-order valence-electron chi connectivity index (χ1n) is 16.0. The molecule has 0 N–H and O–H groups in total. The van der Waals surface area contributed by atoms with E-state index in [-0.39, 0.29) is 83.1 Å². The number of ketones is 3. The Morgan fingerprint density at radius 2 is 1.72 bits per heavy atom. The summed E-state index contributed by atoms with van der Waals surface area (Å²) in [6.45, 7) is 14.1. The van der Waals surface area contributed by atoms with Crippen molar-refractivity contribution in [1.29, 1.82) is 0 Å². The molecule has 0 amide bonds. The van der Waals surface area contributed by atoms with Crippen molar-refractivity contribution in [2.45, 2.75) is 113 Å². The van der Waals surface area contributed by atoms with Gasteiger partial charge in [-0.3, -0.25) is 24.0 Å². The van der Waals surface area contributed by atoms with E-state index in [4.69, 9.17) is 14.2 Å². The molecule has 1 aliphatic heterocycles. The molecule has 8 nitrogen and oxygen atoms in total. The van der Waals surface area contributed by atoms with Crippen molar-refractivity contribution in [2.75, 3.05) is 6.61 Å². The average molecular weight is 597 g/mol. The number of carbonyl (C=O) groups is 5. The van der Waals surface area contributed by atoms with Crippen LogP contribution in [0.15, 0.2) is 23.0 Å². The molecule has 5 rings (SSSR count). The second kappa shape index (κ2) is 11.0. The highest BCUT2D eigenvalue weighted by molar-refractivity contribution is 5.97. The molecule has 8 heteroatoms. The first-order chi connectivity index (χ1) is 20.0. The maximum absolute atomic E-state index is 14.5. The summed E-state index contributed by atoms with van der Waals surface area (Å²) in [6.07, 6.45) is 6.61. The molecule has 0 radical (unpaired) electrons. The largest absolute Gasteiger partial charge is 0.493 e. The lowest BCUT2D eigenvalue weighted by Gasteiger charge is -2.57. The highest BCUT2D eigenvalue weighted by atomic mass is 16.5. The molecule has 0 spiro atoms. The molecule has 4 fully saturated rings. The summed E-state index contributed by atoms with van der Waals surface area (Å²) >= 11 is 0. The highest BCUT2D eigenvalue weighted by Gasteiger charge is 2.73. The Hall–Kier alpha value is -2.77. The van der Waals surface area contributed by atoms with E-state index in [0.717, 1.165) is 25.7 Å². The molecule has 5 aliphatic rings. The number of hydrogen-bond acceptors (Lipinski definition) is 8. The number of Topliss-reactive ketones (excluding diaryl/α,β-unsaturated/α-hetero) is 3. The van der Waals surface area contributed by atoms with E-state index in [0.29, 0.717) is 30.6 Å². The van der Waals surface area contributed by atoms with Crippen molar-refractivity contribution in [3.05, 3.63) is 23.0 Å². The minimum atomic E-state index is -1.11. The fraction of sp³-hybridized carbons (Fsp3) is 0.743. The first kappa shape index (κ1) is 31.6. The van der Waals surface area contributed by atoms with Crippen LogP contribution in [0.1, 0.15) is 100 Å². The molecule has 3 saturated carbocycles. The standard InChI is InChI=1S/C35H48O8/c1-18(17-41-21(4)38)13-26(19(2)36)32-34(7,20(3)37)31-29(43-32)15-28-25-10-9-23-14-24(42-22(5)39)11-12-33(23,6)27(25)16-30(40)35(28,31)8/h9,18,24-25,27-29,31H,10-17H2,1-8H3/b32-26+/t18-,24+,25-,27+,28+,29+,31-,33+,34+,35-/m1/s1. The number of carbonyl (C=O) groups excluding carboxylic acids is 5. The fourth-order valence-corrected chi connectivity index (χ4v) is 10.0. The van der Waals surface area contributed by atoms with Crippen molar-refractivity contribution in [3.63, 3.8) is 0 Å². The van der Waals surface area contributed by atoms with E-state index in [1.54, 1.807) is 6.92 Å². The van der Waals surface area contributed by atoms with Gasteiger partial charge in [-0.2, -0.15) is 0 Å². The van der Waals surface area contributed by atoms with Crippen LogP contribution in [0, 0.1) is 45.8 Å². The lowest BCUT2D eigenvalue weighted by atomic mass is 9.45. The number of hydrogen-bond donors (Lipinski definition) is 0. The summed E-state index contributed by atoms with van der Waals surface area (Å²) < 4.78 is 17.5. The molecule has 0 aromatic carbocycles.